The van der Waals surface area contributed by atoms with Crippen LogP contribution in [0.3, 0.4) is 0 Å². The highest BCUT2D eigenvalue weighted by molar-refractivity contribution is 6.08. The smallest absolute Gasteiger partial charge is 0.259 e. The number of aromatic nitrogens is 3. The van der Waals surface area contributed by atoms with Crippen LogP contribution in [-0.4, -0.2) is 33.2 Å². The second-order valence-electron chi connectivity index (χ2n) is 7.69. The van der Waals surface area contributed by atoms with E-state index in [1.165, 1.54) is 0 Å². The van der Waals surface area contributed by atoms with Crippen molar-refractivity contribution >= 4 is 39.4 Å². The molecule has 5 aromatic rings. The van der Waals surface area contributed by atoms with Crippen molar-refractivity contribution in [3.05, 3.63) is 95.9 Å². The van der Waals surface area contributed by atoms with Crippen LogP contribution in [0.2, 0.25) is 0 Å². The summed E-state index contributed by atoms with van der Waals surface area (Å²) in [5.41, 5.74) is 9.95. The minimum absolute atomic E-state index is 0.0287. The molecule has 0 atom stereocenters. The fourth-order valence-corrected chi connectivity index (χ4v) is 3.96. The van der Waals surface area contributed by atoms with Gasteiger partial charge in [0.15, 0.2) is 0 Å². The predicted molar refractivity (Wildman–Crippen MR) is 127 cm³/mol. The molecule has 0 unspecified atom stereocenters. The lowest BCUT2D eigenvalue weighted by molar-refractivity contribution is 0.0986. The van der Waals surface area contributed by atoms with Crippen LogP contribution in [0.25, 0.3) is 21.8 Å². The Kier molecular flexibility index (Phi) is 4.91. The largest absolute Gasteiger partial charge is 0.384 e. The number of rotatable bonds is 6. The first-order valence-electron chi connectivity index (χ1n) is 10.3. The van der Waals surface area contributed by atoms with E-state index >= 15 is 0 Å². The van der Waals surface area contributed by atoms with E-state index in [2.05, 4.69) is 15.0 Å². The normalized spacial score (nSPS) is 11.1. The summed E-state index contributed by atoms with van der Waals surface area (Å²) < 4.78 is 0. The number of hydrogen-bond donors (Lipinski definition) is 4. The zero-order valence-corrected chi connectivity index (χ0v) is 17.3. The average molecular weight is 422 g/mol. The maximum atomic E-state index is 13.4. The summed E-state index contributed by atoms with van der Waals surface area (Å²) in [7, 11) is 0. The van der Waals surface area contributed by atoms with Gasteiger partial charge in [-0.1, -0.05) is 24.3 Å². The van der Waals surface area contributed by atoms with Crippen molar-refractivity contribution in [2.24, 2.45) is 5.73 Å². The number of anilines is 1. The molecule has 0 fully saturated rings. The van der Waals surface area contributed by atoms with Gasteiger partial charge < -0.3 is 15.7 Å². The number of hydrogen-bond acceptors (Lipinski definition) is 3. The second-order valence-corrected chi connectivity index (χ2v) is 7.69. The highest BCUT2D eigenvalue weighted by atomic mass is 16.2. The van der Waals surface area contributed by atoms with E-state index in [0.29, 0.717) is 24.1 Å². The van der Waals surface area contributed by atoms with E-state index in [-0.39, 0.29) is 11.7 Å². The molecule has 0 bridgehead atoms. The van der Waals surface area contributed by atoms with Gasteiger partial charge in [0.25, 0.3) is 5.91 Å². The minimum Gasteiger partial charge on any atom is -0.384 e. The molecule has 32 heavy (non-hydrogen) atoms. The summed E-state index contributed by atoms with van der Waals surface area (Å²) in [6.45, 7) is 0.485. The third-order valence-electron chi connectivity index (χ3n) is 5.62. The second kappa shape index (κ2) is 8.03. The van der Waals surface area contributed by atoms with E-state index < -0.39 is 0 Å². The molecule has 0 aliphatic carbocycles. The summed E-state index contributed by atoms with van der Waals surface area (Å²) in [6, 6.07) is 19.2. The van der Waals surface area contributed by atoms with Crippen LogP contribution in [-0.2, 0) is 6.42 Å². The molecule has 0 saturated heterocycles. The number of fused-ring (bicyclic) bond motifs is 2. The van der Waals surface area contributed by atoms with Crippen molar-refractivity contribution in [3.63, 3.8) is 0 Å². The molecule has 0 saturated carbocycles. The highest BCUT2D eigenvalue weighted by Gasteiger charge is 2.20. The summed E-state index contributed by atoms with van der Waals surface area (Å²) in [4.78, 5) is 25.8. The molecule has 7 heteroatoms. The van der Waals surface area contributed by atoms with E-state index in [4.69, 9.17) is 11.1 Å². The number of nitrogens with two attached hydrogens (primary N) is 1. The number of nitrogens with one attached hydrogen (secondary N) is 3. The molecular formula is C25H22N6O. The van der Waals surface area contributed by atoms with Crippen LogP contribution in [0.4, 0.5) is 5.82 Å². The van der Waals surface area contributed by atoms with E-state index in [1.54, 1.807) is 23.5 Å². The van der Waals surface area contributed by atoms with Gasteiger partial charge in [-0.25, -0.2) is 0 Å². The SMILES string of the molecule is N=C(N)c1c[nH]c2ccc(CCN(C(=O)c3ccccc3)c3cc4cnccc4[nH]3)cc12. The van der Waals surface area contributed by atoms with Crippen molar-refractivity contribution in [1.29, 1.82) is 5.41 Å². The topological polar surface area (TPSA) is 115 Å². The highest BCUT2D eigenvalue weighted by Crippen LogP contribution is 2.24. The van der Waals surface area contributed by atoms with E-state index in [1.807, 2.05) is 60.7 Å². The predicted octanol–water partition coefficient (Wildman–Crippen LogP) is 4.22. The van der Waals surface area contributed by atoms with Gasteiger partial charge in [0, 0.05) is 52.6 Å². The number of pyridine rings is 1. The summed E-state index contributed by atoms with van der Waals surface area (Å²) in [6.07, 6.45) is 5.90. The molecule has 5 N–H and O–H groups in total. The van der Waals surface area contributed by atoms with Gasteiger partial charge in [-0.15, -0.1) is 0 Å². The first kappa shape index (κ1) is 19.6. The van der Waals surface area contributed by atoms with E-state index in [0.717, 1.165) is 33.2 Å². The van der Waals surface area contributed by atoms with Crippen molar-refractivity contribution in [3.8, 4) is 0 Å². The molecule has 0 spiro atoms. The Morgan fingerprint density at radius 2 is 1.91 bits per heavy atom. The Labute approximate surface area is 184 Å². The number of amides is 1. The first-order chi connectivity index (χ1) is 15.6. The van der Waals surface area contributed by atoms with Crippen molar-refractivity contribution < 1.29 is 4.79 Å². The fraction of sp³-hybridized carbons (Fsp3) is 0.0800. The number of nitrogen functional groups attached to an aromatic ring is 1. The number of aromatic amines is 2. The molecule has 0 aliphatic heterocycles. The number of benzene rings is 2. The lowest BCUT2D eigenvalue weighted by Crippen LogP contribution is -2.33. The molecule has 2 aromatic carbocycles. The average Bonchev–Trinajstić information content (AvgIpc) is 3.43. The molecule has 1 amide bonds. The Morgan fingerprint density at radius 3 is 2.69 bits per heavy atom. The Morgan fingerprint density at radius 1 is 1.06 bits per heavy atom. The lowest BCUT2D eigenvalue weighted by atomic mass is 10.1. The number of amidine groups is 1. The number of carbonyl (C=O) groups is 1. The fourth-order valence-electron chi connectivity index (χ4n) is 3.96. The Balaban J connectivity index is 1.48. The Bertz CT molecular complexity index is 1400. The summed E-state index contributed by atoms with van der Waals surface area (Å²) in [5.74, 6) is 0.687. The zero-order valence-electron chi connectivity index (χ0n) is 17.3. The van der Waals surface area contributed by atoms with Crippen LogP contribution in [0.1, 0.15) is 21.5 Å². The van der Waals surface area contributed by atoms with Gasteiger partial charge in [0.1, 0.15) is 11.7 Å². The van der Waals surface area contributed by atoms with Crippen LogP contribution in [0.15, 0.2) is 79.3 Å². The number of H-pyrrole nitrogens is 2. The lowest BCUT2D eigenvalue weighted by Gasteiger charge is -2.21. The number of carbonyl (C=O) groups excluding carboxylic acids is 1. The third kappa shape index (κ3) is 3.60. The number of nitrogens with zero attached hydrogens (tertiary/aromatic N) is 2. The zero-order chi connectivity index (χ0) is 22.1. The van der Waals surface area contributed by atoms with Crippen molar-refractivity contribution in [2.75, 3.05) is 11.4 Å². The van der Waals surface area contributed by atoms with Crippen LogP contribution in [0.5, 0.6) is 0 Å². The van der Waals surface area contributed by atoms with Gasteiger partial charge in [0.2, 0.25) is 0 Å². The van der Waals surface area contributed by atoms with Gasteiger partial charge in [-0.05, 0) is 48.4 Å². The van der Waals surface area contributed by atoms with Gasteiger partial charge >= 0.3 is 0 Å². The minimum atomic E-state index is -0.0720. The van der Waals surface area contributed by atoms with Crippen LogP contribution >= 0.6 is 0 Å². The maximum absolute atomic E-state index is 13.4. The van der Waals surface area contributed by atoms with Gasteiger partial charge in [0.05, 0.1) is 5.52 Å². The maximum Gasteiger partial charge on any atom is 0.259 e. The van der Waals surface area contributed by atoms with E-state index in [9.17, 15) is 4.79 Å². The standard InChI is InChI=1S/C25H22N6O/c26-24(27)20-15-29-22-7-6-16(12-19(20)22)9-11-31(25(32)17-4-2-1-3-5-17)23-13-18-14-28-10-8-21(18)30-23/h1-8,10,12-15,29-30H,9,11H2,(H3,26,27). The molecule has 0 aliphatic rings. The molecule has 3 aromatic heterocycles. The molecule has 0 radical (unpaired) electrons. The quantitative estimate of drug-likeness (QED) is 0.243. The monoisotopic (exact) mass is 422 g/mol. The first-order valence-corrected chi connectivity index (χ1v) is 10.3. The molecular weight excluding hydrogens is 400 g/mol. The molecule has 7 nitrogen and oxygen atoms in total. The van der Waals surface area contributed by atoms with Gasteiger partial charge in [-0.3, -0.25) is 20.1 Å². The third-order valence-corrected chi connectivity index (χ3v) is 5.62. The summed E-state index contributed by atoms with van der Waals surface area (Å²) in [5, 5.41) is 9.65. The molecule has 3 heterocycles. The molecule has 158 valence electrons. The summed E-state index contributed by atoms with van der Waals surface area (Å²) >= 11 is 0. The van der Waals surface area contributed by atoms with Crippen molar-refractivity contribution in [1.82, 2.24) is 15.0 Å². The molecule has 5 rings (SSSR count). The van der Waals surface area contributed by atoms with Crippen LogP contribution in [0, 0.1) is 5.41 Å². The van der Waals surface area contributed by atoms with Crippen LogP contribution < -0.4 is 10.6 Å². The van der Waals surface area contributed by atoms with Crippen molar-refractivity contribution in [2.45, 2.75) is 6.42 Å². The van der Waals surface area contributed by atoms with Gasteiger partial charge in [-0.2, -0.15) is 0 Å². The Hall–Kier alpha value is -4.39.